The quantitative estimate of drug-likeness (QED) is 0.903. The maximum absolute atomic E-state index is 12.8. The molecule has 2 aliphatic carbocycles. The van der Waals surface area contributed by atoms with E-state index in [2.05, 4.69) is 32.0 Å². The molecule has 1 aromatic rings. The number of hydrogen-bond donors (Lipinski definition) is 1. The van der Waals surface area contributed by atoms with Gasteiger partial charge in [0.25, 0.3) is 0 Å². The molecule has 2 nitrogen and oxygen atoms in total. The Labute approximate surface area is 118 Å². The van der Waals surface area contributed by atoms with Gasteiger partial charge >= 0.3 is 0 Å². The van der Waals surface area contributed by atoms with Crippen LogP contribution in [0.25, 0.3) is 0 Å². The first-order valence-corrected chi connectivity index (χ1v) is 8.48. The van der Waals surface area contributed by atoms with Crippen molar-refractivity contribution in [3.63, 3.8) is 0 Å². The van der Waals surface area contributed by atoms with Crippen molar-refractivity contribution in [1.82, 2.24) is 0 Å². The monoisotopic (exact) mass is 277 g/mol. The van der Waals surface area contributed by atoms with Crippen molar-refractivity contribution >= 4 is 10.8 Å². The van der Waals surface area contributed by atoms with E-state index < -0.39 is 10.8 Å². The fourth-order valence-corrected chi connectivity index (χ4v) is 5.23. The van der Waals surface area contributed by atoms with E-state index in [1.807, 2.05) is 0 Å². The van der Waals surface area contributed by atoms with E-state index in [-0.39, 0.29) is 16.7 Å². The predicted molar refractivity (Wildman–Crippen MR) is 79.7 cm³/mol. The summed E-state index contributed by atoms with van der Waals surface area (Å²) < 4.78 is 12.8. The van der Waals surface area contributed by atoms with Crippen LogP contribution in [0.2, 0.25) is 0 Å². The lowest BCUT2D eigenvalue weighted by Gasteiger charge is -2.26. The number of hydrogen-bond acceptors (Lipinski definition) is 2. The summed E-state index contributed by atoms with van der Waals surface area (Å²) in [6, 6.07) is 6.43. The van der Waals surface area contributed by atoms with Crippen molar-refractivity contribution in [2.45, 2.75) is 62.1 Å². The summed E-state index contributed by atoms with van der Waals surface area (Å²) in [6.07, 6.45) is 5.62. The number of nitrogens with two attached hydrogens (primary N) is 1. The molecule has 1 saturated carbocycles. The average Bonchev–Trinajstić information content (AvgIpc) is 2.94. The summed E-state index contributed by atoms with van der Waals surface area (Å²) in [5, 5.41) is 0.120. The van der Waals surface area contributed by atoms with Crippen molar-refractivity contribution in [2.24, 2.45) is 11.1 Å². The fraction of sp³-hybridized carbons (Fsp3) is 0.625. The van der Waals surface area contributed by atoms with Gasteiger partial charge in [0.1, 0.15) is 0 Å². The highest BCUT2D eigenvalue weighted by Gasteiger charge is 2.42. The predicted octanol–water partition coefficient (Wildman–Crippen LogP) is 2.80. The maximum atomic E-state index is 12.8. The zero-order chi connectivity index (χ0) is 13.6. The zero-order valence-corrected chi connectivity index (χ0v) is 12.6. The molecule has 0 amide bonds. The van der Waals surface area contributed by atoms with E-state index in [0.717, 1.165) is 24.2 Å². The summed E-state index contributed by atoms with van der Waals surface area (Å²) in [4.78, 5) is 0.985. The Morgan fingerprint density at radius 2 is 2.00 bits per heavy atom. The topological polar surface area (TPSA) is 43.1 Å². The second-order valence-corrected chi connectivity index (χ2v) is 8.34. The molecule has 0 heterocycles. The summed E-state index contributed by atoms with van der Waals surface area (Å²) in [5.41, 5.74) is 9.28. The van der Waals surface area contributed by atoms with Crippen molar-refractivity contribution in [2.75, 3.05) is 0 Å². The minimum absolute atomic E-state index is 0.0431. The first-order valence-electron chi connectivity index (χ1n) is 7.27. The molecule has 2 N–H and O–H groups in total. The van der Waals surface area contributed by atoms with Crippen LogP contribution in [-0.4, -0.2) is 15.5 Å². The van der Waals surface area contributed by atoms with E-state index in [1.54, 1.807) is 0 Å². The van der Waals surface area contributed by atoms with Crippen molar-refractivity contribution in [3.05, 3.63) is 29.3 Å². The lowest BCUT2D eigenvalue weighted by Crippen LogP contribution is -2.41. The number of rotatable bonds is 2. The van der Waals surface area contributed by atoms with Crippen LogP contribution in [0.15, 0.2) is 23.1 Å². The molecule has 0 radical (unpaired) electrons. The average molecular weight is 277 g/mol. The van der Waals surface area contributed by atoms with E-state index in [0.29, 0.717) is 0 Å². The van der Waals surface area contributed by atoms with Crippen LogP contribution in [-0.2, 0) is 23.6 Å². The normalized spacial score (nSPS) is 30.3. The third-order valence-corrected chi connectivity index (χ3v) is 6.75. The largest absolute Gasteiger partial charge is 0.326 e. The van der Waals surface area contributed by atoms with Gasteiger partial charge < -0.3 is 5.73 Å². The lowest BCUT2D eigenvalue weighted by atomic mass is 9.88. The highest BCUT2D eigenvalue weighted by Crippen LogP contribution is 2.40. The minimum Gasteiger partial charge on any atom is -0.326 e. The Morgan fingerprint density at radius 1 is 1.26 bits per heavy atom. The summed E-state index contributed by atoms with van der Waals surface area (Å²) in [6.45, 7) is 4.38. The van der Waals surface area contributed by atoms with Crippen LogP contribution in [0.4, 0.5) is 0 Å². The molecule has 3 heteroatoms. The summed E-state index contributed by atoms with van der Waals surface area (Å²) in [5.74, 6) is 0. The number of aryl methyl sites for hydroxylation is 2. The molecule has 1 fully saturated rings. The van der Waals surface area contributed by atoms with Gasteiger partial charge in [-0.15, -0.1) is 0 Å². The van der Waals surface area contributed by atoms with Crippen molar-refractivity contribution < 1.29 is 4.21 Å². The van der Waals surface area contributed by atoms with Gasteiger partial charge in [0.2, 0.25) is 0 Å². The SMILES string of the molecule is CC1(C)CCC(S(=O)c2ccc3c(c2)CCC3)C1N. The van der Waals surface area contributed by atoms with Gasteiger partial charge in [-0.1, -0.05) is 19.9 Å². The summed E-state index contributed by atoms with van der Waals surface area (Å²) >= 11 is 0. The second-order valence-electron chi connectivity index (χ2n) is 6.67. The van der Waals surface area contributed by atoms with Crippen LogP contribution in [0.5, 0.6) is 0 Å². The standard InChI is InChI=1S/C16H23NOS/c1-16(2)9-8-14(15(16)17)19(18)13-7-6-11-4-3-5-12(11)10-13/h6-7,10,14-15H,3-5,8-9,17H2,1-2H3. The highest BCUT2D eigenvalue weighted by atomic mass is 32.2. The molecule has 3 rings (SSSR count). The molecule has 3 unspecified atom stereocenters. The number of fused-ring (bicyclic) bond motifs is 1. The zero-order valence-electron chi connectivity index (χ0n) is 11.8. The van der Waals surface area contributed by atoms with Crippen molar-refractivity contribution in [3.8, 4) is 0 Å². The Morgan fingerprint density at radius 3 is 2.68 bits per heavy atom. The molecule has 2 aliphatic rings. The molecule has 19 heavy (non-hydrogen) atoms. The fourth-order valence-electron chi connectivity index (χ4n) is 3.45. The summed E-state index contributed by atoms with van der Waals surface area (Å²) in [7, 11) is -0.953. The molecule has 0 aromatic heterocycles. The van der Waals surface area contributed by atoms with E-state index in [1.165, 1.54) is 24.0 Å². The molecular weight excluding hydrogens is 254 g/mol. The maximum Gasteiger partial charge on any atom is 0.0576 e. The Hall–Kier alpha value is -0.670. The van der Waals surface area contributed by atoms with Gasteiger partial charge in [0.15, 0.2) is 0 Å². The van der Waals surface area contributed by atoms with Gasteiger partial charge in [-0.05, 0) is 60.8 Å². The smallest absolute Gasteiger partial charge is 0.0576 e. The first kappa shape index (κ1) is 13.3. The molecule has 0 bridgehead atoms. The minimum atomic E-state index is -0.953. The Kier molecular flexibility index (Phi) is 3.30. The molecule has 0 aliphatic heterocycles. The molecule has 0 spiro atoms. The second kappa shape index (κ2) is 4.71. The molecule has 104 valence electrons. The van der Waals surface area contributed by atoms with Gasteiger partial charge in [-0.3, -0.25) is 4.21 Å². The molecule has 0 saturated heterocycles. The highest BCUT2D eigenvalue weighted by molar-refractivity contribution is 7.85. The van der Waals surface area contributed by atoms with Crippen LogP contribution >= 0.6 is 0 Å². The van der Waals surface area contributed by atoms with Crippen molar-refractivity contribution in [1.29, 1.82) is 0 Å². The third kappa shape index (κ3) is 2.27. The first-order chi connectivity index (χ1) is 8.99. The van der Waals surface area contributed by atoms with Crippen LogP contribution in [0.3, 0.4) is 0 Å². The van der Waals surface area contributed by atoms with Crippen LogP contribution in [0, 0.1) is 5.41 Å². The molecule has 1 aromatic carbocycles. The molecule has 3 atom stereocenters. The van der Waals surface area contributed by atoms with E-state index in [9.17, 15) is 4.21 Å². The number of benzene rings is 1. The van der Waals surface area contributed by atoms with Gasteiger partial charge in [0, 0.05) is 10.9 Å². The van der Waals surface area contributed by atoms with Crippen LogP contribution in [0.1, 0.15) is 44.2 Å². The van der Waals surface area contributed by atoms with E-state index >= 15 is 0 Å². The van der Waals surface area contributed by atoms with Gasteiger partial charge in [0.05, 0.1) is 16.0 Å². The third-order valence-electron chi connectivity index (χ3n) is 4.95. The van der Waals surface area contributed by atoms with Gasteiger partial charge in [-0.25, -0.2) is 0 Å². The van der Waals surface area contributed by atoms with Gasteiger partial charge in [-0.2, -0.15) is 0 Å². The Bertz CT molecular complexity index is 523. The Balaban J connectivity index is 1.85. The van der Waals surface area contributed by atoms with Crippen LogP contribution < -0.4 is 5.73 Å². The lowest BCUT2D eigenvalue weighted by molar-refractivity contribution is 0.334. The molecular formula is C16H23NOS. The van der Waals surface area contributed by atoms with E-state index in [4.69, 9.17) is 5.73 Å².